The van der Waals surface area contributed by atoms with Crippen LogP contribution in [0.1, 0.15) is 25.7 Å². The van der Waals surface area contributed by atoms with Gasteiger partial charge in [-0.15, -0.1) is 0 Å². The third kappa shape index (κ3) is 5.15. The molecule has 1 saturated carbocycles. The molecule has 1 aromatic rings. The van der Waals surface area contributed by atoms with Crippen molar-refractivity contribution >= 4 is 6.02 Å². The smallest absolute Gasteiger partial charge is 0.288 e. The molecule has 0 amide bonds. The lowest BCUT2D eigenvalue weighted by atomic mass is 10.0. The molecule has 1 fully saturated rings. The van der Waals surface area contributed by atoms with Gasteiger partial charge in [0.25, 0.3) is 6.02 Å². The summed E-state index contributed by atoms with van der Waals surface area (Å²) in [7, 11) is 4.31. The second-order valence-electron chi connectivity index (χ2n) is 8.17. The number of rotatable bonds is 3. The van der Waals surface area contributed by atoms with Crippen molar-refractivity contribution in [3.8, 4) is 0 Å². The number of hydrogen-bond acceptors (Lipinski definition) is 4. The normalized spacial score (nSPS) is 26.1. The van der Waals surface area contributed by atoms with Crippen LogP contribution in [0.2, 0.25) is 0 Å². The number of benzene rings is 1. The zero-order valence-corrected chi connectivity index (χ0v) is 17.6. The van der Waals surface area contributed by atoms with E-state index < -0.39 is 0 Å². The Morgan fingerprint density at radius 1 is 1.21 bits per heavy atom. The quantitative estimate of drug-likeness (QED) is 0.756. The van der Waals surface area contributed by atoms with Crippen molar-refractivity contribution in [1.82, 2.24) is 9.80 Å². The average Bonchev–Trinajstić information content (AvgIpc) is 3.36. The molecule has 0 N–H and O–H groups in total. The van der Waals surface area contributed by atoms with Crippen molar-refractivity contribution in [1.29, 1.82) is 0 Å². The molecule has 1 aliphatic carbocycles. The highest BCUT2D eigenvalue weighted by atomic mass is 19.1. The minimum Gasteiger partial charge on any atom is -0.456 e. The van der Waals surface area contributed by atoms with E-state index in [1.165, 1.54) is 29.7 Å². The van der Waals surface area contributed by atoms with E-state index in [-0.39, 0.29) is 11.4 Å². The first-order chi connectivity index (χ1) is 14.0. The third-order valence-electron chi connectivity index (χ3n) is 6.00. The van der Waals surface area contributed by atoms with Crippen molar-refractivity contribution in [3.05, 3.63) is 72.6 Å². The van der Waals surface area contributed by atoms with E-state index in [4.69, 9.17) is 9.73 Å². The van der Waals surface area contributed by atoms with Gasteiger partial charge in [-0.05, 0) is 56.6 Å². The van der Waals surface area contributed by atoms with Crippen LogP contribution < -0.4 is 0 Å². The molecule has 1 aromatic carbocycles. The molecule has 2 aliphatic heterocycles. The highest BCUT2D eigenvalue weighted by Crippen LogP contribution is 2.39. The van der Waals surface area contributed by atoms with Crippen LogP contribution in [0.25, 0.3) is 0 Å². The SMILES string of the molecule is C=CC1=C(C=C)CN(C2=NCC3(CCC(N(C)C)C3)O2)CC1.Fc1ccccc1. The van der Waals surface area contributed by atoms with E-state index in [2.05, 4.69) is 37.1 Å². The van der Waals surface area contributed by atoms with Crippen LogP contribution in [0.4, 0.5) is 4.39 Å². The van der Waals surface area contributed by atoms with E-state index in [0.717, 1.165) is 44.9 Å². The fourth-order valence-corrected chi connectivity index (χ4v) is 4.18. The molecule has 1 spiro atoms. The van der Waals surface area contributed by atoms with Gasteiger partial charge in [-0.25, -0.2) is 9.38 Å². The molecule has 3 aliphatic rings. The van der Waals surface area contributed by atoms with E-state index in [1.807, 2.05) is 12.2 Å². The van der Waals surface area contributed by atoms with Crippen LogP contribution in [-0.4, -0.2) is 61.2 Å². The summed E-state index contributed by atoms with van der Waals surface area (Å²) in [5.74, 6) is -0.178. The van der Waals surface area contributed by atoms with Crippen molar-refractivity contribution < 1.29 is 9.13 Å². The lowest BCUT2D eigenvalue weighted by molar-refractivity contribution is 0.0681. The first-order valence-electron chi connectivity index (χ1n) is 10.3. The molecular formula is C24H32FN3O. The van der Waals surface area contributed by atoms with E-state index in [1.54, 1.807) is 18.2 Å². The lowest BCUT2D eigenvalue weighted by Gasteiger charge is -2.32. The van der Waals surface area contributed by atoms with Crippen molar-refractivity contribution in [2.24, 2.45) is 4.99 Å². The van der Waals surface area contributed by atoms with Gasteiger partial charge in [0, 0.05) is 25.6 Å². The second kappa shape index (κ2) is 9.40. The molecule has 0 bridgehead atoms. The van der Waals surface area contributed by atoms with Gasteiger partial charge in [0.1, 0.15) is 11.4 Å². The standard InChI is InChI=1S/C18H27N3O.C6H5F/c1-5-14-8-10-21(12-15(14)6-2)17-19-13-18(22-17)9-7-16(11-18)20(3)4;7-6-4-2-1-3-5-6/h5-6,16H,1-2,7-13H2,3-4H3;1-5H. The summed E-state index contributed by atoms with van der Waals surface area (Å²) in [6.07, 6.45) is 8.27. The number of ether oxygens (including phenoxy) is 1. The fraction of sp³-hybridized carbons (Fsp3) is 0.458. The zero-order valence-electron chi connectivity index (χ0n) is 17.6. The maximum Gasteiger partial charge on any atom is 0.288 e. The highest BCUT2D eigenvalue weighted by molar-refractivity contribution is 5.77. The summed E-state index contributed by atoms with van der Waals surface area (Å²) in [5.41, 5.74) is 2.49. The van der Waals surface area contributed by atoms with Gasteiger partial charge in [-0.2, -0.15) is 0 Å². The van der Waals surface area contributed by atoms with E-state index in [9.17, 15) is 4.39 Å². The molecule has 5 heteroatoms. The molecule has 0 aromatic heterocycles. The Bertz CT molecular complexity index is 787. The molecule has 156 valence electrons. The topological polar surface area (TPSA) is 28.1 Å². The Morgan fingerprint density at radius 2 is 1.93 bits per heavy atom. The monoisotopic (exact) mass is 397 g/mol. The minimum atomic E-state index is -0.178. The van der Waals surface area contributed by atoms with Gasteiger partial charge >= 0.3 is 0 Å². The van der Waals surface area contributed by atoms with Crippen LogP contribution in [0.5, 0.6) is 0 Å². The van der Waals surface area contributed by atoms with Crippen LogP contribution in [0, 0.1) is 5.82 Å². The van der Waals surface area contributed by atoms with E-state index >= 15 is 0 Å². The minimum absolute atomic E-state index is 0.0545. The first-order valence-corrected chi connectivity index (χ1v) is 10.3. The second-order valence-corrected chi connectivity index (χ2v) is 8.17. The zero-order chi connectivity index (χ0) is 20.9. The molecule has 29 heavy (non-hydrogen) atoms. The Balaban J connectivity index is 0.000000290. The Hall–Kier alpha value is -2.40. The van der Waals surface area contributed by atoms with Crippen LogP contribution in [0.15, 0.2) is 71.8 Å². The summed E-state index contributed by atoms with van der Waals surface area (Å²) < 4.78 is 18.3. The maximum absolute atomic E-state index is 11.9. The number of halogens is 1. The average molecular weight is 398 g/mol. The predicted molar refractivity (Wildman–Crippen MR) is 117 cm³/mol. The highest BCUT2D eigenvalue weighted by Gasteiger charge is 2.46. The summed E-state index contributed by atoms with van der Waals surface area (Å²) in [4.78, 5) is 9.29. The van der Waals surface area contributed by atoms with Gasteiger partial charge in [0.15, 0.2) is 0 Å². The van der Waals surface area contributed by atoms with Crippen molar-refractivity contribution in [3.63, 3.8) is 0 Å². The van der Waals surface area contributed by atoms with Gasteiger partial charge in [-0.1, -0.05) is 43.5 Å². The molecular weight excluding hydrogens is 365 g/mol. The van der Waals surface area contributed by atoms with Crippen molar-refractivity contribution in [2.75, 3.05) is 33.7 Å². The van der Waals surface area contributed by atoms with Crippen LogP contribution in [0.3, 0.4) is 0 Å². The van der Waals surface area contributed by atoms with Gasteiger partial charge in [0.05, 0.1) is 6.54 Å². The lowest BCUT2D eigenvalue weighted by Crippen LogP contribution is -2.41. The molecule has 2 heterocycles. The van der Waals surface area contributed by atoms with Crippen molar-refractivity contribution in [2.45, 2.75) is 37.3 Å². The van der Waals surface area contributed by atoms with Gasteiger partial charge < -0.3 is 14.5 Å². The summed E-state index contributed by atoms with van der Waals surface area (Å²) >= 11 is 0. The molecule has 2 unspecified atom stereocenters. The Morgan fingerprint density at radius 3 is 2.48 bits per heavy atom. The number of aliphatic imine (C=N–C) groups is 1. The molecule has 2 atom stereocenters. The summed E-state index contributed by atoms with van der Waals surface area (Å²) in [6, 6.07) is 9.39. The molecule has 0 saturated heterocycles. The summed E-state index contributed by atoms with van der Waals surface area (Å²) in [6.45, 7) is 10.4. The third-order valence-corrected chi connectivity index (χ3v) is 6.00. The first kappa shape index (κ1) is 21.3. The largest absolute Gasteiger partial charge is 0.456 e. The molecule has 4 nitrogen and oxygen atoms in total. The number of amidine groups is 1. The molecule has 0 radical (unpaired) electrons. The number of hydrogen-bond donors (Lipinski definition) is 0. The van der Waals surface area contributed by atoms with Gasteiger partial charge in [-0.3, -0.25) is 0 Å². The predicted octanol–water partition coefficient (Wildman–Crippen LogP) is 4.43. The van der Waals surface area contributed by atoms with Crippen LogP contribution >= 0.6 is 0 Å². The number of nitrogens with zero attached hydrogens (tertiary/aromatic N) is 3. The Labute approximate surface area is 174 Å². The van der Waals surface area contributed by atoms with Crippen LogP contribution in [-0.2, 0) is 4.74 Å². The van der Waals surface area contributed by atoms with E-state index in [0.29, 0.717) is 6.04 Å². The maximum atomic E-state index is 11.9. The Kier molecular flexibility index (Phi) is 6.91. The summed E-state index contributed by atoms with van der Waals surface area (Å²) in [5, 5.41) is 0. The molecule has 4 rings (SSSR count). The van der Waals surface area contributed by atoms with Gasteiger partial charge in [0.2, 0.25) is 0 Å². The number of allylic oxidation sites excluding steroid dienone is 1. The fourth-order valence-electron chi connectivity index (χ4n) is 4.18.